The number of Topliss-reactive ketones (excluding diaryl/α,β-unsaturated/α-hetero) is 1. The fourth-order valence-electron chi connectivity index (χ4n) is 1.40. The van der Waals surface area contributed by atoms with Crippen LogP contribution in [0.5, 0.6) is 0 Å². The molecule has 182 valence electrons. The van der Waals surface area contributed by atoms with Gasteiger partial charge in [0, 0.05) is 63.9 Å². The normalized spacial score (nSPS) is 7.59. The van der Waals surface area contributed by atoms with Crippen molar-refractivity contribution < 1.29 is 75.9 Å². The third kappa shape index (κ3) is 31.4. The Bertz CT molecular complexity index is 745. The Morgan fingerprint density at radius 2 is 1.32 bits per heavy atom. The van der Waals surface area contributed by atoms with Gasteiger partial charge in [0.15, 0.2) is 5.78 Å². The number of rotatable bonds is 7. The first kappa shape index (κ1) is 52.9. The summed E-state index contributed by atoms with van der Waals surface area (Å²) >= 11 is 0. The summed E-state index contributed by atoms with van der Waals surface area (Å²) in [5, 5.41) is 10.5. The van der Waals surface area contributed by atoms with Crippen molar-refractivity contribution >= 4 is 11.5 Å². The van der Waals surface area contributed by atoms with Crippen LogP contribution in [0.2, 0.25) is 0 Å². The quantitative estimate of drug-likeness (QED) is 0.163. The van der Waals surface area contributed by atoms with Crippen LogP contribution in [-0.2, 0) is 71.0 Å². The van der Waals surface area contributed by atoms with Crippen LogP contribution in [0.15, 0.2) is 36.4 Å². The van der Waals surface area contributed by atoms with Gasteiger partial charge < -0.3 is 4.74 Å². The minimum Gasteiger partial charge on any atom is 0 e. The third-order valence-corrected chi connectivity index (χ3v) is 2.53. The molecule has 0 fully saturated rings. The molecule has 0 bridgehead atoms. The molecule has 0 spiro atoms. The van der Waals surface area contributed by atoms with Gasteiger partial charge in [0.05, 0.1) is 4.92 Å². The zero-order valence-electron chi connectivity index (χ0n) is 17.5. The summed E-state index contributed by atoms with van der Waals surface area (Å²) in [6, 6.07) is 5.84. The maximum atomic E-state index is 11.3. The molecule has 0 heterocycles. The van der Waals surface area contributed by atoms with E-state index >= 15 is 0 Å². The molecule has 0 amide bonds. The van der Waals surface area contributed by atoms with Crippen LogP contribution in [0.1, 0.15) is 19.4 Å². The molecule has 11 nitrogen and oxygen atoms in total. The molecule has 0 aromatic heterocycles. The van der Waals surface area contributed by atoms with Gasteiger partial charge in [0.1, 0.15) is 6.10 Å². The Labute approximate surface area is 217 Å². The van der Waals surface area contributed by atoms with E-state index in [0.29, 0.717) is 17.7 Å². The molecule has 1 unspecified atom stereocenters. The van der Waals surface area contributed by atoms with Gasteiger partial charge in [-0.15, -0.1) is 0 Å². The standard InChI is InChI=1S/C15H15NO4.6CO.2Co/c1-4-20-15(11(2)12(3)17)10-7-13-5-8-14(9-6-13)16(18)19;6*1-2;;/h5-6,8-9,15H,2,4H2,1,3H3;;;;;;;;. The van der Waals surface area contributed by atoms with Crippen molar-refractivity contribution in [2.45, 2.75) is 20.0 Å². The van der Waals surface area contributed by atoms with E-state index in [2.05, 4.69) is 58.6 Å². The van der Waals surface area contributed by atoms with Gasteiger partial charge in [-0.2, -0.15) is 0 Å². The second kappa shape index (κ2) is 47.8. The van der Waals surface area contributed by atoms with Gasteiger partial charge in [0.2, 0.25) is 0 Å². The first-order chi connectivity index (χ1) is 15.5. The van der Waals surface area contributed by atoms with Crippen LogP contribution in [0, 0.1) is 62.2 Å². The summed E-state index contributed by atoms with van der Waals surface area (Å²) in [6.45, 7) is 34.3. The number of benzene rings is 1. The summed E-state index contributed by atoms with van der Waals surface area (Å²) < 4.78 is 50.3. The maximum absolute atomic E-state index is 11.3. The zero-order chi connectivity index (χ0) is 27.1. The second-order valence-corrected chi connectivity index (χ2v) is 3.99. The molecule has 0 aliphatic carbocycles. The minimum atomic E-state index is -0.660. The van der Waals surface area contributed by atoms with E-state index in [1.807, 2.05) is 0 Å². The number of hydrogen-bond donors (Lipinski definition) is 0. The fraction of sp³-hybridized carbons (Fsp3) is 0.190. The first-order valence-corrected chi connectivity index (χ1v) is 7.25. The van der Waals surface area contributed by atoms with E-state index in [-0.39, 0.29) is 45.0 Å². The Hall–Kier alpha value is -2.82. The predicted octanol–water partition coefficient (Wildman–Crippen LogP) is 2.43. The topological polar surface area (TPSA) is 189 Å². The molecular formula is C21H15Co2NO10. The van der Waals surface area contributed by atoms with Gasteiger partial charge >= 0.3 is 67.8 Å². The smallest absolute Gasteiger partial charge is 0 e. The molecular weight excluding hydrogens is 544 g/mol. The largest absolute Gasteiger partial charge is 0 e. The third-order valence-electron chi connectivity index (χ3n) is 2.53. The van der Waals surface area contributed by atoms with Gasteiger partial charge in [-0.1, -0.05) is 6.58 Å². The number of ether oxygens (including phenoxy) is 1. The van der Waals surface area contributed by atoms with Gasteiger partial charge in [-0.3, -0.25) is 14.9 Å². The number of carbonyl (C=O) groups excluding carboxylic acids is 1. The van der Waals surface area contributed by atoms with Crippen LogP contribution in [-0.4, -0.2) is 23.4 Å². The first-order valence-electron chi connectivity index (χ1n) is 7.25. The fourth-order valence-corrected chi connectivity index (χ4v) is 1.40. The Morgan fingerprint density at radius 3 is 1.59 bits per heavy atom. The van der Waals surface area contributed by atoms with E-state index < -0.39 is 11.0 Å². The molecule has 0 N–H and O–H groups in total. The molecule has 4 radical (unpaired) electrons. The van der Waals surface area contributed by atoms with Gasteiger partial charge in [-0.25, -0.2) is 0 Å². The van der Waals surface area contributed by atoms with Crippen LogP contribution in [0.25, 0.3) is 0 Å². The van der Waals surface area contributed by atoms with E-state index in [1.165, 1.54) is 19.1 Å². The molecule has 0 saturated heterocycles. The molecule has 1 aromatic carbocycles. The molecule has 1 atom stereocenters. The SMILES string of the molecule is C=C(C(C)=O)C([C]=[C]c1ccc([N+](=O)[O-])cc1)OCC.[C-]#[O+].[C-]#[O+].[C-]#[O+].[C-]#[O+].[C-]#[O+].[C-]#[O+].[Co].[Co]. The summed E-state index contributed by atoms with van der Waals surface area (Å²) in [7, 11) is 0. The average molecular weight is 559 g/mol. The number of non-ortho nitro benzene ring substituents is 1. The summed E-state index contributed by atoms with van der Waals surface area (Å²) in [6.07, 6.45) is 4.97. The monoisotopic (exact) mass is 559 g/mol. The predicted molar refractivity (Wildman–Crippen MR) is 97.5 cm³/mol. The number of nitro benzene ring substituents is 1. The van der Waals surface area contributed by atoms with Crippen LogP contribution in [0.4, 0.5) is 5.69 Å². The molecule has 1 aromatic rings. The maximum Gasteiger partial charge on any atom is 0 e. The van der Waals surface area contributed by atoms with Crippen LogP contribution < -0.4 is 0 Å². The molecule has 13 heteroatoms. The number of nitro groups is 1. The Kier molecular flexibility index (Phi) is 74.4. The number of ketones is 1. The van der Waals surface area contributed by atoms with E-state index in [4.69, 9.17) is 32.6 Å². The summed E-state index contributed by atoms with van der Waals surface area (Å²) in [4.78, 5) is 21.3. The van der Waals surface area contributed by atoms with E-state index in [0.717, 1.165) is 0 Å². The van der Waals surface area contributed by atoms with Crippen molar-refractivity contribution in [3.05, 3.63) is 104 Å². The second-order valence-electron chi connectivity index (χ2n) is 3.99. The molecule has 0 aliphatic heterocycles. The van der Waals surface area contributed by atoms with Crippen LogP contribution in [0.3, 0.4) is 0 Å². The van der Waals surface area contributed by atoms with Crippen molar-refractivity contribution in [3.8, 4) is 0 Å². The molecule has 34 heavy (non-hydrogen) atoms. The minimum absolute atomic E-state index is 0. The van der Waals surface area contributed by atoms with Gasteiger partial charge in [0.25, 0.3) is 5.69 Å². The van der Waals surface area contributed by atoms with Crippen molar-refractivity contribution in [1.82, 2.24) is 0 Å². The number of hydrogen-bond acceptors (Lipinski definition) is 4. The summed E-state index contributed by atoms with van der Waals surface area (Å²) in [5.74, 6) is -0.179. The number of nitrogens with zero attached hydrogens (tertiary/aromatic N) is 1. The molecule has 0 saturated carbocycles. The average Bonchev–Trinajstić information content (AvgIpc) is 2.88. The van der Waals surface area contributed by atoms with E-state index in [1.54, 1.807) is 19.1 Å². The van der Waals surface area contributed by atoms with E-state index in [9.17, 15) is 14.9 Å². The van der Waals surface area contributed by atoms with Gasteiger partial charge in [-0.05, 0) is 37.6 Å². The Morgan fingerprint density at radius 1 is 0.971 bits per heavy atom. The Balaban J connectivity index is -0.0000000700. The van der Waals surface area contributed by atoms with Crippen molar-refractivity contribution in [3.63, 3.8) is 0 Å². The number of carbonyl (C=O) groups is 1. The van der Waals surface area contributed by atoms with Crippen molar-refractivity contribution in [2.75, 3.05) is 6.61 Å². The molecule has 0 aliphatic rings. The van der Waals surface area contributed by atoms with Crippen LogP contribution >= 0.6 is 0 Å². The van der Waals surface area contributed by atoms with Crippen molar-refractivity contribution in [2.24, 2.45) is 0 Å². The van der Waals surface area contributed by atoms with Crippen molar-refractivity contribution in [1.29, 1.82) is 0 Å². The molecule has 1 rings (SSSR count). The summed E-state index contributed by atoms with van der Waals surface area (Å²) in [5.41, 5.74) is 0.906. The zero-order valence-corrected chi connectivity index (χ0v) is 19.6.